The predicted octanol–water partition coefficient (Wildman–Crippen LogP) is 4.44. The van der Waals surface area contributed by atoms with E-state index >= 15 is 0 Å². The van der Waals surface area contributed by atoms with Crippen LogP contribution >= 0.6 is 22.7 Å². The Hall–Kier alpha value is -0.640. The summed E-state index contributed by atoms with van der Waals surface area (Å²) in [4.78, 5) is 4.37. The molecular formula is C15H21NS2. The quantitative estimate of drug-likeness (QED) is 0.824. The molecule has 3 heteroatoms. The van der Waals surface area contributed by atoms with Crippen molar-refractivity contribution < 1.29 is 0 Å². The van der Waals surface area contributed by atoms with Crippen molar-refractivity contribution in [3.8, 4) is 0 Å². The van der Waals surface area contributed by atoms with E-state index in [-0.39, 0.29) is 5.41 Å². The number of hydrogen-bond donors (Lipinski definition) is 1. The van der Waals surface area contributed by atoms with Crippen LogP contribution in [0.3, 0.4) is 0 Å². The Morgan fingerprint density at radius 1 is 1.17 bits per heavy atom. The van der Waals surface area contributed by atoms with Gasteiger partial charge in [-0.2, -0.15) is 0 Å². The lowest BCUT2D eigenvalue weighted by Crippen LogP contribution is -2.31. The van der Waals surface area contributed by atoms with Gasteiger partial charge in [-0.3, -0.25) is 0 Å². The molecule has 0 radical (unpaired) electrons. The second-order valence-electron chi connectivity index (χ2n) is 5.19. The van der Waals surface area contributed by atoms with Crippen molar-refractivity contribution in [1.29, 1.82) is 0 Å². The molecule has 0 aliphatic rings. The van der Waals surface area contributed by atoms with Crippen LogP contribution in [0, 0.1) is 0 Å². The first kappa shape index (κ1) is 13.8. The van der Waals surface area contributed by atoms with E-state index in [9.17, 15) is 0 Å². The van der Waals surface area contributed by atoms with Crippen molar-refractivity contribution in [1.82, 2.24) is 5.32 Å². The first-order valence-electron chi connectivity index (χ1n) is 6.44. The van der Waals surface area contributed by atoms with Gasteiger partial charge in [-0.05, 0) is 30.0 Å². The van der Waals surface area contributed by atoms with Crippen molar-refractivity contribution in [2.45, 2.75) is 39.2 Å². The molecule has 1 N–H and O–H groups in total. The molecule has 0 saturated carbocycles. The Morgan fingerprint density at radius 3 is 2.56 bits per heavy atom. The van der Waals surface area contributed by atoms with Crippen molar-refractivity contribution in [2.75, 3.05) is 6.54 Å². The van der Waals surface area contributed by atoms with Gasteiger partial charge in [0.1, 0.15) is 0 Å². The van der Waals surface area contributed by atoms with Crippen LogP contribution in [0.2, 0.25) is 0 Å². The minimum Gasteiger partial charge on any atom is -0.311 e. The minimum atomic E-state index is 0.221. The summed E-state index contributed by atoms with van der Waals surface area (Å²) in [5.41, 5.74) is 0.221. The van der Waals surface area contributed by atoms with Crippen LogP contribution in [0.4, 0.5) is 0 Å². The van der Waals surface area contributed by atoms with Crippen molar-refractivity contribution in [3.63, 3.8) is 0 Å². The minimum absolute atomic E-state index is 0.221. The van der Waals surface area contributed by atoms with Gasteiger partial charge in [0.2, 0.25) is 0 Å². The SMILES string of the molecule is CCc1ccc(CNCC(C)(C)c2cccs2)s1. The van der Waals surface area contributed by atoms with Gasteiger partial charge in [0, 0.05) is 33.1 Å². The molecule has 2 aromatic heterocycles. The van der Waals surface area contributed by atoms with E-state index in [1.807, 2.05) is 22.7 Å². The summed E-state index contributed by atoms with van der Waals surface area (Å²) in [7, 11) is 0. The summed E-state index contributed by atoms with van der Waals surface area (Å²) >= 11 is 3.77. The first-order chi connectivity index (χ1) is 8.62. The van der Waals surface area contributed by atoms with Crippen LogP contribution in [0.5, 0.6) is 0 Å². The Kier molecular flexibility index (Phi) is 4.60. The zero-order valence-corrected chi connectivity index (χ0v) is 13.0. The number of rotatable bonds is 6. The molecule has 0 unspecified atom stereocenters. The summed E-state index contributed by atoms with van der Waals surface area (Å²) in [6, 6.07) is 8.85. The fourth-order valence-electron chi connectivity index (χ4n) is 1.96. The van der Waals surface area contributed by atoms with E-state index in [1.165, 1.54) is 14.6 Å². The van der Waals surface area contributed by atoms with E-state index in [2.05, 4.69) is 55.7 Å². The van der Waals surface area contributed by atoms with Gasteiger partial charge in [0.25, 0.3) is 0 Å². The highest BCUT2D eigenvalue weighted by Gasteiger charge is 2.20. The molecule has 0 fully saturated rings. The molecule has 18 heavy (non-hydrogen) atoms. The molecule has 0 spiro atoms. The number of thiophene rings is 2. The molecule has 0 atom stereocenters. The van der Waals surface area contributed by atoms with Gasteiger partial charge < -0.3 is 5.32 Å². The van der Waals surface area contributed by atoms with Crippen LogP contribution in [-0.2, 0) is 18.4 Å². The molecule has 98 valence electrons. The molecule has 2 rings (SSSR count). The van der Waals surface area contributed by atoms with Gasteiger partial charge in [-0.1, -0.05) is 26.8 Å². The third-order valence-corrected chi connectivity index (χ3v) is 5.59. The lowest BCUT2D eigenvalue weighted by molar-refractivity contribution is 0.478. The van der Waals surface area contributed by atoms with Crippen LogP contribution in [0.15, 0.2) is 29.6 Å². The molecule has 0 aromatic carbocycles. The third-order valence-electron chi connectivity index (χ3n) is 3.12. The van der Waals surface area contributed by atoms with Gasteiger partial charge in [-0.25, -0.2) is 0 Å². The van der Waals surface area contributed by atoms with Gasteiger partial charge in [0.05, 0.1) is 0 Å². The number of nitrogens with one attached hydrogen (secondary N) is 1. The highest BCUT2D eigenvalue weighted by molar-refractivity contribution is 7.12. The van der Waals surface area contributed by atoms with Gasteiger partial charge >= 0.3 is 0 Å². The molecular weight excluding hydrogens is 258 g/mol. The van der Waals surface area contributed by atoms with Crippen LogP contribution in [0.25, 0.3) is 0 Å². The van der Waals surface area contributed by atoms with Crippen LogP contribution in [-0.4, -0.2) is 6.54 Å². The van der Waals surface area contributed by atoms with Crippen LogP contribution < -0.4 is 5.32 Å². The highest BCUT2D eigenvalue weighted by Crippen LogP contribution is 2.26. The summed E-state index contributed by atoms with van der Waals surface area (Å²) in [6.07, 6.45) is 1.14. The summed E-state index contributed by atoms with van der Waals surface area (Å²) in [5, 5.41) is 5.74. The molecule has 2 heterocycles. The molecule has 0 amide bonds. The smallest absolute Gasteiger partial charge is 0.0300 e. The average molecular weight is 279 g/mol. The number of aryl methyl sites for hydroxylation is 1. The second-order valence-corrected chi connectivity index (χ2v) is 7.39. The summed E-state index contributed by atoms with van der Waals surface area (Å²) in [5.74, 6) is 0. The molecule has 0 aliphatic carbocycles. The molecule has 1 nitrogen and oxygen atoms in total. The Labute approximate surface area is 118 Å². The lowest BCUT2D eigenvalue weighted by Gasteiger charge is -2.23. The van der Waals surface area contributed by atoms with Crippen molar-refractivity contribution >= 4 is 22.7 Å². The Morgan fingerprint density at radius 2 is 1.94 bits per heavy atom. The summed E-state index contributed by atoms with van der Waals surface area (Å²) in [6.45, 7) is 8.82. The maximum absolute atomic E-state index is 3.58. The Balaban J connectivity index is 1.85. The van der Waals surface area contributed by atoms with E-state index in [0.717, 1.165) is 19.5 Å². The largest absolute Gasteiger partial charge is 0.311 e. The predicted molar refractivity (Wildman–Crippen MR) is 82.7 cm³/mol. The zero-order chi connectivity index (χ0) is 13.0. The average Bonchev–Trinajstić information content (AvgIpc) is 3.00. The van der Waals surface area contributed by atoms with Gasteiger partial charge in [0.15, 0.2) is 0 Å². The molecule has 0 aliphatic heterocycles. The fourth-order valence-corrected chi connectivity index (χ4v) is 3.74. The third kappa shape index (κ3) is 3.44. The first-order valence-corrected chi connectivity index (χ1v) is 8.14. The van der Waals surface area contributed by atoms with E-state index in [4.69, 9.17) is 0 Å². The fraction of sp³-hybridized carbons (Fsp3) is 0.467. The molecule has 2 aromatic rings. The van der Waals surface area contributed by atoms with Crippen molar-refractivity contribution in [3.05, 3.63) is 44.3 Å². The highest BCUT2D eigenvalue weighted by atomic mass is 32.1. The monoisotopic (exact) mass is 279 g/mol. The zero-order valence-electron chi connectivity index (χ0n) is 11.3. The number of hydrogen-bond acceptors (Lipinski definition) is 3. The lowest BCUT2D eigenvalue weighted by atomic mass is 9.91. The van der Waals surface area contributed by atoms with Gasteiger partial charge in [-0.15, -0.1) is 22.7 Å². The normalized spacial score (nSPS) is 11.9. The molecule has 0 saturated heterocycles. The Bertz CT molecular complexity index is 468. The maximum Gasteiger partial charge on any atom is 0.0300 e. The van der Waals surface area contributed by atoms with E-state index < -0.39 is 0 Å². The maximum atomic E-state index is 3.58. The van der Waals surface area contributed by atoms with Crippen molar-refractivity contribution in [2.24, 2.45) is 0 Å². The topological polar surface area (TPSA) is 12.0 Å². The molecule has 0 bridgehead atoms. The van der Waals surface area contributed by atoms with Crippen LogP contribution in [0.1, 0.15) is 35.4 Å². The van der Waals surface area contributed by atoms with E-state index in [1.54, 1.807) is 0 Å². The standard InChI is InChI=1S/C15H21NS2/c1-4-12-7-8-13(18-12)10-16-11-15(2,3)14-6-5-9-17-14/h5-9,16H,4,10-11H2,1-3H3. The summed E-state index contributed by atoms with van der Waals surface area (Å²) < 4.78 is 0. The second kappa shape index (κ2) is 6.00. The van der Waals surface area contributed by atoms with E-state index in [0.29, 0.717) is 0 Å².